The van der Waals surface area contributed by atoms with E-state index in [4.69, 9.17) is 4.74 Å². The van der Waals surface area contributed by atoms with Gasteiger partial charge in [-0.05, 0) is 67.7 Å². The van der Waals surface area contributed by atoms with Crippen LogP contribution in [0, 0.1) is 17.6 Å². The standard InChI is InChI=1S/C28H34F2O/c1-3-7-21-10-12-22(13-11-21)8-5-6-9-23-14-16-24(17-15-23)25-18-19-26(31-20-4-2)28(30)27(25)29/h6,9,12,14-19,21H,3-5,7-8,10-11,13,20H2,1-2H3. The quantitative estimate of drug-likeness (QED) is 0.346. The molecular weight excluding hydrogens is 390 g/mol. The Balaban J connectivity index is 1.55. The second kappa shape index (κ2) is 11.8. The smallest absolute Gasteiger partial charge is 0.201 e. The summed E-state index contributed by atoms with van der Waals surface area (Å²) in [5, 5.41) is 0. The molecule has 0 bridgehead atoms. The highest BCUT2D eigenvalue weighted by Crippen LogP contribution is 2.31. The van der Waals surface area contributed by atoms with E-state index in [1.807, 2.05) is 31.2 Å². The topological polar surface area (TPSA) is 9.23 Å². The number of rotatable bonds is 10. The van der Waals surface area contributed by atoms with Gasteiger partial charge >= 0.3 is 0 Å². The molecule has 3 heteroatoms. The van der Waals surface area contributed by atoms with Crippen molar-refractivity contribution in [3.05, 3.63) is 71.3 Å². The van der Waals surface area contributed by atoms with Crippen LogP contribution in [0.1, 0.15) is 70.8 Å². The van der Waals surface area contributed by atoms with Gasteiger partial charge in [0.05, 0.1) is 6.61 Å². The van der Waals surface area contributed by atoms with Crippen LogP contribution in [0.15, 0.2) is 54.1 Å². The van der Waals surface area contributed by atoms with Crippen LogP contribution in [0.3, 0.4) is 0 Å². The molecule has 0 heterocycles. The molecule has 31 heavy (non-hydrogen) atoms. The van der Waals surface area contributed by atoms with Crippen LogP contribution in [0.4, 0.5) is 8.78 Å². The lowest BCUT2D eigenvalue weighted by Crippen LogP contribution is -2.05. The van der Waals surface area contributed by atoms with Crippen molar-refractivity contribution in [2.75, 3.05) is 6.61 Å². The summed E-state index contributed by atoms with van der Waals surface area (Å²) < 4.78 is 34.0. The molecule has 0 aliphatic heterocycles. The van der Waals surface area contributed by atoms with Crippen LogP contribution in [0.25, 0.3) is 17.2 Å². The lowest BCUT2D eigenvalue weighted by Gasteiger charge is -2.21. The van der Waals surface area contributed by atoms with Crippen LogP contribution in [0.2, 0.25) is 0 Å². The third-order valence-corrected chi connectivity index (χ3v) is 5.98. The van der Waals surface area contributed by atoms with E-state index in [1.54, 1.807) is 11.6 Å². The number of halogens is 2. The molecule has 0 saturated carbocycles. The minimum absolute atomic E-state index is 0.0309. The largest absolute Gasteiger partial charge is 0.490 e. The SMILES string of the molecule is CCCOc1ccc(-c2ccc(C=CCCC3=CCC(CCC)CC3)cc2)c(F)c1F. The molecule has 0 amide bonds. The van der Waals surface area contributed by atoms with Gasteiger partial charge in [-0.25, -0.2) is 4.39 Å². The van der Waals surface area contributed by atoms with E-state index in [2.05, 4.69) is 25.2 Å². The first-order valence-corrected chi connectivity index (χ1v) is 11.7. The lowest BCUT2D eigenvalue weighted by atomic mass is 9.85. The zero-order valence-corrected chi connectivity index (χ0v) is 18.8. The molecule has 1 aliphatic rings. The molecule has 1 aliphatic carbocycles. The maximum atomic E-state index is 14.5. The van der Waals surface area contributed by atoms with Crippen molar-refractivity contribution >= 4 is 6.08 Å². The Hall–Kier alpha value is -2.42. The number of ether oxygens (including phenoxy) is 1. The maximum absolute atomic E-state index is 14.5. The molecule has 0 saturated heterocycles. The minimum atomic E-state index is -0.923. The van der Waals surface area contributed by atoms with E-state index >= 15 is 0 Å². The van der Waals surface area contributed by atoms with Gasteiger partial charge in [-0.3, -0.25) is 0 Å². The molecule has 0 aromatic heterocycles. The van der Waals surface area contributed by atoms with Gasteiger partial charge in [0.25, 0.3) is 0 Å². The molecule has 1 unspecified atom stereocenters. The van der Waals surface area contributed by atoms with Crippen LogP contribution in [-0.4, -0.2) is 6.61 Å². The van der Waals surface area contributed by atoms with Gasteiger partial charge in [0, 0.05) is 5.56 Å². The molecule has 0 N–H and O–H groups in total. The van der Waals surface area contributed by atoms with E-state index in [1.165, 1.54) is 38.2 Å². The highest BCUT2D eigenvalue weighted by molar-refractivity contribution is 5.67. The fraction of sp³-hybridized carbons (Fsp3) is 0.429. The van der Waals surface area contributed by atoms with Crippen LogP contribution in [0.5, 0.6) is 5.75 Å². The predicted molar refractivity (Wildman–Crippen MR) is 126 cm³/mol. The Labute approximate surface area is 185 Å². The fourth-order valence-corrected chi connectivity index (χ4v) is 4.18. The van der Waals surface area contributed by atoms with E-state index in [-0.39, 0.29) is 11.3 Å². The van der Waals surface area contributed by atoms with Gasteiger partial charge < -0.3 is 4.74 Å². The second-order valence-electron chi connectivity index (χ2n) is 8.44. The summed E-state index contributed by atoms with van der Waals surface area (Å²) in [7, 11) is 0. The predicted octanol–water partition coefficient (Wildman–Crippen LogP) is 8.74. The van der Waals surface area contributed by atoms with Gasteiger partial charge in [0.15, 0.2) is 11.6 Å². The average Bonchev–Trinajstić information content (AvgIpc) is 2.79. The Morgan fingerprint density at radius 2 is 1.81 bits per heavy atom. The van der Waals surface area contributed by atoms with Crippen molar-refractivity contribution in [2.45, 2.75) is 65.2 Å². The maximum Gasteiger partial charge on any atom is 0.201 e. The second-order valence-corrected chi connectivity index (χ2v) is 8.44. The normalized spacial score (nSPS) is 16.5. The summed E-state index contributed by atoms with van der Waals surface area (Å²) >= 11 is 0. The van der Waals surface area contributed by atoms with Crippen LogP contribution >= 0.6 is 0 Å². The van der Waals surface area contributed by atoms with Crippen molar-refractivity contribution in [2.24, 2.45) is 5.92 Å². The Bertz CT molecular complexity index is 896. The summed E-state index contributed by atoms with van der Waals surface area (Å²) in [5.74, 6) is -0.926. The van der Waals surface area contributed by atoms with Crippen molar-refractivity contribution in [1.29, 1.82) is 0 Å². The Kier molecular flexibility index (Phi) is 8.87. The van der Waals surface area contributed by atoms with Crippen LogP contribution < -0.4 is 4.74 Å². The Morgan fingerprint density at radius 3 is 2.48 bits per heavy atom. The van der Waals surface area contributed by atoms with Gasteiger partial charge in [-0.15, -0.1) is 0 Å². The molecule has 0 radical (unpaired) electrons. The van der Waals surface area contributed by atoms with Gasteiger partial charge in [0.1, 0.15) is 0 Å². The first kappa shape index (κ1) is 23.2. The van der Waals surface area contributed by atoms with Crippen LogP contribution in [-0.2, 0) is 0 Å². The minimum Gasteiger partial charge on any atom is -0.490 e. The van der Waals surface area contributed by atoms with Crippen molar-refractivity contribution in [1.82, 2.24) is 0 Å². The summed E-state index contributed by atoms with van der Waals surface area (Å²) in [5.41, 5.74) is 3.57. The first-order valence-electron chi connectivity index (χ1n) is 11.7. The highest BCUT2D eigenvalue weighted by atomic mass is 19.2. The number of hydrogen-bond donors (Lipinski definition) is 0. The van der Waals surface area contributed by atoms with Crippen molar-refractivity contribution in [3.63, 3.8) is 0 Å². The molecule has 0 fully saturated rings. The van der Waals surface area contributed by atoms with E-state index in [0.29, 0.717) is 12.2 Å². The molecule has 2 aromatic carbocycles. The summed E-state index contributed by atoms with van der Waals surface area (Å²) in [4.78, 5) is 0. The number of allylic oxidation sites excluding steroid dienone is 3. The van der Waals surface area contributed by atoms with Gasteiger partial charge in [0.2, 0.25) is 5.82 Å². The van der Waals surface area contributed by atoms with E-state index in [9.17, 15) is 8.78 Å². The van der Waals surface area contributed by atoms with Crippen molar-refractivity contribution in [3.8, 4) is 16.9 Å². The molecule has 0 spiro atoms. The molecule has 3 rings (SSSR count). The third-order valence-electron chi connectivity index (χ3n) is 5.98. The Morgan fingerprint density at radius 1 is 1.00 bits per heavy atom. The fourth-order valence-electron chi connectivity index (χ4n) is 4.18. The summed E-state index contributed by atoms with van der Waals surface area (Å²) in [6, 6.07) is 10.6. The molecule has 1 atom stereocenters. The first-order chi connectivity index (χ1) is 15.1. The third kappa shape index (κ3) is 6.53. The molecule has 1 nitrogen and oxygen atoms in total. The average molecular weight is 425 g/mol. The van der Waals surface area contributed by atoms with E-state index in [0.717, 1.165) is 30.7 Å². The van der Waals surface area contributed by atoms with Gasteiger partial charge in [-0.2, -0.15) is 4.39 Å². The summed E-state index contributed by atoms with van der Waals surface area (Å²) in [6.45, 7) is 4.56. The van der Waals surface area contributed by atoms with Crippen molar-refractivity contribution < 1.29 is 13.5 Å². The highest BCUT2D eigenvalue weighted by Gasteiger charge is 2.16. The molecule has 2 aromatic rings. The summed E-state index contributed by atoms with van der Waals surface area (Å²) in [6.07, 6.45) is 16.1. The zero-order valence-electron chi connectivity index (χ0n) is 18.8. The van der Waals surface area contributed by atoms with Gasteiger partial charge in [-0.1, -0.05) is 74.8 Å². The number of hydrogen-bond acceptors (Lipinski definition) is 1. The molecule has 166 valence electrons. The zero-order chi connectivity index (χ0) is 22.1. The lowest BCUT2D eigenvalue weighted by molar-refractivity contribution is 0.295. The monoisotopic (exact) mass is 424 g/mol. The van der Waals surface area contributed by atoms with E-state index < -0.39 is 11.6 Å². The molecular formula is C28H34F2O. The number of benzene rings is 2.